The lowest BCUT2D eigenvalue weighted by atomic mass is 10.1. The number of hydrogen-bond acceptors (Lipinski definition) is 2. The van der Waals surface area contributed by atoms with Crippen LogP contribution in [0.3, 0.4) is 0 Å². The van der Waals surface area contributed by atoms with Gasteiger partial charge in [0.15, 0.2) is 0 Å². The molecule has 13 heavy (non-hydrogen) atoms. The lowest BCUT2D eigenvalue weighted by molar-refractivity contribution is 0.922. The molecule has 2 nitrogen and oxygen atoms in total. The van der Waals surface area contributed by atoms with Crippen LogP contribution in [0, 0.1) is 11.3 Å². The summed E-state index contributed by atoms with van der Waals surface area (Å²) in [4.78, 5) is 0. The SMILES string of the molecule is CNCC=Cc1ccccc1C#N. The number of nitrogens with zero attached hydrogens (tertiary/aromatic N) is 1. The van der Waals surface area contributed by atoms with E-state index in [0.29, 0.717) is 0 Å². The lowest BCUT2D eigenvalue weighted by Gasteiger charge is -1.95. The molecular formula is C11H12N2. The molecule has 0 bridgehead atoms. The standard InChI is InChI=1S/C11H12N2/c1-13-8-4-7-10-5-2-3-6-11(10)9-12/h2-7,13H,8H2,1H3. The van der Waals surface area contributed by atoms with Gasteiger partial charge in [-0.25, -0.2) is 0 Å². The highest BCUT2D eigenvalue weighted by atomic mass is 14.8. The smallest absolute Gasteiger partial charge is 0.0997 e. The van der Waals surface area contributed by atoms with E-state index in [1.807, 2.05) is 43.5 Å². The minimum absolute atomic E-state index is 0.717. The fourth-order valence-electron chi connectivity index (χ4n) is 1.05. The minimum Gasteiger partial charge on any atom is -0.316 e. The molecule has 0 atom stereocenters. The van der Waals surface area contributed by atoms with Crippen LogP contribution in [0.2, 0.25) is 0 Å². The molecule has 0 saturated carbocycles. The normalized spacial score (nSPS) is 10.2. The summed E-state index contributed by atoms with van der Waals surface area (Å²) in [6.07, 6.45) is 3.95. The van der Waals surface area contributed by atoms with E-state index in [2.05, 4.69) is 11.4 Å². The number of benzene rings is 1. The number of nitriles is 1. The zero-order valence-corrected chi connectivity index (χ0v) is 7.62. The Morgan fingerprint density at radius 1 is 1.46 bits per heavy atom. The summed E-state index contributed by atoms with van der Waals surface area (Å²) >= 11 is 0. The van der Waals surface area contributed by atoms with Gasteiger partial charge in [0.2, 0.25) is 0 Å². The van der Waals surface area contributed by atoms with E-state index in [9.17, 15) is 0 Å². The fraction of sp³-hybridized carbons (Fsp3) is 0.182. The molecule has 66 valence electrons. The molecule has 1 aromatic carbocycles. The van der Waals surface area contributed by atoms with E-state index in [-0.39, 0.29) is 0 Å². The lowest BCUT2D eigenvalue weighted by Crippen LogP contribution is -2.03. The van der Waals surface area contributed by atoms with Crippen LogP contribution in [0.15, 0.2) is 30.3 Å². The van der Waals surface area contributed by atoms with Gasteiger partial charge in [-0.1, -0.05) is 30.4 Å². The summed E-state index contributed by atoms with van der Waals surface area (Å²) in [5.74, 6) is 0. The van der Waals surface area contributed by atoms with Gasteiger partial charge in [0.05, 0.1) is 11.6 Å². The first-order valence-electron chi connectivity index (χ1n) is 4.18. The van der Waals surface area contributed by atoms with Crippen LogP contribution in [0.1, 0.15) is 11.1 Å². The third-order valence-corrected chi connectivity index (χ3v) is 1.70. The molecule has 1 rings (SSSR count). The number of nitrogens with one attached hydrogen (secondary N) is 1. The van der Waals surface area contributed by atoms with Crippen molar-refractivity contribution in [1.82, 2.24) is 5.32 Å². The zero-order valence-electron chi connectivity index (χ0n) is 7.62. The Morgan fingerprint density at radius 3 is 2.92 bits per heavy atom. The van der Waals surface area contributed by atoms with Gasteiger partial charge >= 0.3 is 0 Å². The molecule has 0 fully saturated rings. The molecule has 0 amide bonds. The molecular weight excluding hydrogens is 160 g/mol. The molecule has 0 spiro atoms. The van der Waals surface area contributed by atoms with Crippen molar-refractivity contribution in [3.63, 3.8) is 0 Å². The highest BCUT2D eigenvalue weighted by molar-refractivity contribution is 5.57. The van der Waals surface area contributed by atoms with Crippen molar-refractivity contribution < 1.29 is 0 Å². The van der Waals surface area contributed by atoms with E-state index in [1.54, 1.807) is 0 Å². The largest absolute Gasteiger partial charge is 0.316 e. The monoisotopic (exact) mass is 172 g/mol. The van der Waals surface area contributed by atoms with Crippen molar-refractivity contribution in [1.29, 1.82) is 5.26 Å². The van der Waals surface area contributed by atoms with Gasteiger partial charge < -0.3 is 5.32 Å². The van der Waals surface area contributed by atoms with Crippen LogP contribution in [-0.4, -0.2) is 13.6 Å². The summed E-state index contributed by atoms with van der Waals surface area (Å²) in [5.41, 5.74) is 1.69. The zero-order chi connectivity index (χ0) is 9.52. The third-order valence-electron chi connectivity index (χ3n) is 1.70. The molecule has 0 radical (unpaired) electrons. The van der Waals surface area contributed by atoms with E-state index in [0.717, 1.165) is 17.7 Å². The van der Waals surface area contributed by atoms with Crippen molar-refractivity contribution in [2.45, 2.75) is 0 Å². The Morgan fingerprint density at radius 2 is 2.23 bits per heavy atom. The van der Waals surface area contributed by atoms with Crippen molar-refractivity contribution in [2.75, 3.05) is 13.6 Å². The van der Waals surface area contributed by atoms with E-state index in [4.69, 9.17) is 5.26 Å². The maximum atomic E-state index is 8.78. The van der Waals surface area contributed by atoms with Crippen molar-refractivity contribution in [3.05, 3.63) is 41.5 Å². The van der Waals surface area contributed by atoms with Crippen LogP contribution in [0.4, 0.5) is 0 Å². The summed E-state index contributed by atoms with van der Waals surface area (Å²) in [6.45, 7) is 0.819. The Balaban J connectivity index is 2.82. The molecule has 0 saturated heterocycles. The fourth-order valence-corrected chi connectivity index (χ4v) is 1.05. The first-order chi connectivity index (χ1) is 6.38. The van der Waals surface area contributed by atoms with E-state index < -0.39 is 0 Å². The van der Waals surface area contributed by atoms with Crippen LogP contribution in [0.5, 0.6) is 0 Å². The Bertz CT molecular complexity index is 334. The topological polar surface area (TPSA) is 35.8 Å². The Hall–Kier alpha value is -1.59. The molecule has 0 aliphatic rings. The molecule has 0 unspecified atom stereocenters. The van der Waals surface area contributed by atoms with Gasteiger partial charge in [-0.15, -0.1) is 0 Å². The third kappa shape index (κ3) is 2.73. The number of rotatable bonds is 3. The number of hydrogen-bond donors (Lipinski definition) is 1. The summed E-state index contributed by atoms with van der Waals surface area (Å²) in [5, 5.41) is 11.8. The average Bonchev–Trinajstić information content (AvgIpc) is 2.19. The second-order valence-corrected chi connectivity index (χ2v) is 2.66. The summed E-state index contributed by atoms with van der Waals surface area (Å²) in [6, 6.07) is 9.70. The quantitative estimate of drug-likeness (QED) is 0.754. The summed E-state index contributed by atoms with van der Waals surface area (Å²) < 4.78 is 0. The molecule has 0 aliphatic carbocycles. The second kappa shape index (κ2) is 5.13. The van der Waals surface area contributed by atoms with Crippen LogP contribution in [0.25, 0.3) is 6.08 Å². The van der Waals surface area contributed by atoms with Crippen molar-refractivity contribution >= 4 is 6.08 Å². The molecule has 0 aromatic heterocycles. The molecule has 0 heterocycles. The van der Waals surface area contributed by atoms with Crippen LogP contribution < -0.4 is 5.32 Å². The maximum Gasteiger partial charge on any atom is 0.0997 e. The summed E-state index contributed by atoms with van der Waals surface area (Å²) in [7, 11) is 1.89. The van der Waals surface area contributed by atoms with Gasteiger partial charge in [0, 0.05) is 6.54 Å². The molecule has 2 heteroatoms. The Kier molecular flexibility index (Phi) is 3.74. The van der Waals surface area contributed by atoms with E-state index >= 15 is 0 Å². The van der Waals surface area contributed by atoms with Gasteiger partial charge in [-0.3, -0.25) is 0 Å². The van der Waals surface area contributed by atoms with Gasteiger partial charge in [-0.05, 0) is 18.7 Å². The average molecular weight is 172 g/mol. The maximum absolute atomic E-state index is 8.78. The molecule has 0 aliphatic heterocycles. The van der Waals surface area contributed by atoms with Gasteiger partial charge in [-0.2, -0.15) is 5.26 Å². The molecule has 1 N–H and O–H groups in total. The van der Waals surface area contributed by atoms with Crippen LogP contribution >= 0.6 is 0 Å². The first kappa shape index (κ1) is 9.50. The predicted octanol–water partition coefficient (Wildman–Crippen LogP) is 1.79. The van der Waals surface area contributed by atoms with Crippen LogP contribution in [-0.2, 0) is 0 Å². The second-order valence-electron chi connectivity index (χ2n) is 2.66. The van der Waals surface area contributed by atoms with Crippen molar-refractivity contribution in [2.24, 2.45) is 0 Å². The van der Waals surface area contributed by atoms with Crippen molar-refractivity contribution in [3.8, 4) is 6.07 Å². The Labute approximate surface area is 78.5 Å². The number of likely N-dealkylation sites (N-methyl/N-ethyl adjacent to an activating group) is 1. The van der Waals surface area contributed by atoms with E-state index in [1.165, 1.54) is 0 Å². The minimum atomic E-state index is 0.717. The predicted molar refractivity (Wildman–Crippen MR) is 54.1 cm³/mol. The van der Waals surface area contributed by atoms with Gasteiger partial charge in [0.1, 0.15) is 0 Å². The highest BCUT2D eigenvalue weighted by Gasteiger charge is 1.94. The highest BCUT2D eigenvalue weighted by Crippen LogP contribution is 2.08. The van der Waals surface area contributed by atoms with Gasteiger partial charge in [0.25, 0.3) is 0 Å². The molecule has 1 aromatic rings. The first-order valence-corrected chi connectivity index (χ1v) is 4.18.